The third kappa shape index (κ3) is 40.2. The summed E-state index contributed by atoms with van der Waals surface area (Å²) < 4.78 is 17.6. The fourth-order valence-corrected chi connectivity index (χ4v) is 9.44. The maximum absolute atomic E-state index is 13.4. The van der Waals surface area contributed by atoms with Crippen molar-refractivity contribution in [1.29, 1.82) is 0 Å². The molecule has 0 aromatic carbocycles. The molecule has 1 aliphatic rings. The van der Waals surface area contributed by atoms with Gasteiger partial charge in [-0.15, -0.1) is 0 Å². The van der Waals surface area contributed by atoms with Gasteiger partial charge in [-0.05, 0) is 83.5 Å². The van der Waals surface area contributed by atoms with Crippen LogP contribution in [-0.4, -0.2) is 99.6 Å². The molecule has 1 amide bonds. The Labute approximate surface area is 458 Å². The van der Waals surface area contributed by atoms with Crippen molar-refractivity contribution >= 4 is 11.9 Å². The maximum Gasteiger partial charge on any atom is 0.306 e. The van der Waals surface area contributed by atoms with E-state index in [-0.39, 0.29) is 19.4 Å². The van der Waals surface area contributed by atoms with Gasteiger partial charge in [-0.1, -0.05) is 242 Å². The number of ether oxygens (including phenoxy) is 3. The number of hydrogen-bond acceptors (Lipinski definition) is 10. The predicted octanol–water partition coefficient (Wildman–Crippen LogP) is 14.6. The first kappa shape index (κ1) is 70.4. The van der Waals surface area contributed by atoms with Gasteiger partial charge in [0.1, 0.15) is 24.4 Å². The van der Waals surface area contributed by atoms with E-state index in [9.17, 15) is 35.1 Å². The summed E-state index contributed by atoms with van der Waals surface area (Å²) in [5.74, 6) is -1.21. The van der Waals surface area contributed by atoms with Crippen LogP contribution in [0.3, 0.4) is 0 Å². The number of amides is 1. The lowest BCUT2D eigenvalue weighted by molar-refractivity contribution is -0.305. The van der Waals surface area contributed by atoms with Crippen molar-refractivity contribution in [3.05, 3.63) is 60.8 Å². The molecule has 75 heavy (non-hydrogen) atoms. The summed E-state index contributed by atoms with van der Waals surface area (Å²) in [5.41, 5.74) is 0. The molecule has 6 N–H and O–H groups in total. The lowest BCUT2D eigenvalue weighted by Gasteiger charge is -2.41. The third-order valence-corrected chi connectivity index (χ3v) is 14.4. The zero-order valence-corrected chi connectivity index (χ0v) is 48.2. The lowest BCUT2D eigenvalue weighted by atomic mass is 9.99. The molecule has 0 radical (unpaired) electrons. The number of unbranched alkanes of at least 4 members (excludes halogenated alkanes) is 31. The molecule has 1 aliphatic heterocycles. The number of nitrogens with one attached hydrogen (secondary N) is 1. The topological polar surface area (TPSA) is 175 Å². The van der Waals surface area contributed by atoms with E-state index in [1.165, 1.54) is 128 Å². The van der Waals surface area contributed by atoms with Crippen molar-refractivity contribution in [3.63, 3.8) is 0 Å². The molecule has 0 aromatic rings. The second-order valence-corrected chi connectivity index (χ2v) is 21.5. The molecule has 0 spiro atoms. The van der Waals surface area contributed by atoms with Crippen molar-refractivity contribution in [1.82, 2.24) is 5.32 Å². The number of carbonyl (C=O) groups excluding carboxylic acids is 2. The predicted molar refractivity (Wildman–Crippen MR) is 310 cm³/mol. The summed E-state index contributed by atoms with van der Waals surface area (Å²) >= 11 is 0. The minimum absolute atomic E-state index is 0.109. The van der Waals surface area contributed by atoms with Gasteiger partial charge in [0.25, 0.3) is 0 Å². The Balaban J connectivity index is 2.66. The summed E-state index contributed by atoms with van der Waals surface area (Å²) in [5, 5.41) is 56.9. The van der Waals surface area contributed by atoms with E-state index in [0.29, 0.717) is 12.8 Å². The fourth-order valence-electron chi connectivity index (χ4n) is 9.44. The van der Waals surface area contributed by atoms with Gasteiger partial charge < -0.3 is 45.1 Å². The van der Waals surface area contributed by atoms with E-state index in [2.05, 4.69) is 74.7 Å². The molecule has 8 unspecified atom stereocenters. The Morgan fingerprint density at radius 3 is 1.47 bits per heavy atom. The first-order valence-electron chi connectivity index (χ1n) is 31.1. The van der Waals surface area contributed by atoms with Gasteiger partial charge in [0, 0.05) is 6.42 Å². The number of rotatable bonds is 52. The maximum atomic E-state index is 13.4. The van der Waals surface area contributed by atoms with Gasteiger partial charge in [0.2, 0.25) is 5.91 Å². The van der Waals surface area contributed by atoms with Gasteiger partial charge in [0.05, 0.1) is 25.4 Å². The van der Waals surface area contributed by atoms with Gasteiger partial charge in [-0.3, -0.25) is 9.59 Å². The Hall–Kier alpha value is -2.64. The lowest BCUT2D eigenvalue weighted by Crippen LogP contribution is -2.61. The van der Waals surface area contributed by atoms with E-state index >= 15 is 0 Å². The fraction of sp³-hybridized carbons (Fsp3) is 0.812. The van der Waals surface area contributed by atoms with Gasteiger partial charge in [0.15, 0.2) is 12.4 Å². The summed E-state index contributed by atoms with van der Waals surface area (Å²) in [6, 6.07) is -1.03. The molecule has 0 aromatic heterocycles. The van der Waals surface area contributed by atoms with Crippen LogP contribution in [0.5, 0.6) is 0 Å². The van der Waals surface area contributed by atoms with E-state index in [4.69, 9.17) is 14.2 Å². The summed E-state index contributed by atoms with van der Waals surface area (Å²) in [7, 11) is 0. The zero-order valence-electron chi connectivity index (χ0n) is 48.2. The molecule has 1 heterocycles. The molecule has 1 saturated heterocycles. The number of allylic oxidation sites excluding steroid dienone is 9. The quantitative estimate of drug-likeness (QED) is 0.0149. The van der Waals surface area contributed by atoms with Crippen molar-refractivity contribution in [2.24, 2.45) is 0 Å². The Morgan fingerprint density at radius 1 is 0.533 bits per heavy atom. The zero-order chi connectivity index (χ0) is 54.7. The highest BCUT2D eigenvalue weighted by molar-refractivity contribution is 5.80. The molecule has 1 rings (SSSR count). The number of esters is 1. The van der Waals surface area contributed by atoms with Crippen LogP contribution in [-0.2, 0) is 23.8 Å². The highest BCUT2D eigenvalue weighted by Gasteiger charge is 2.47. The van der Waals surface area contributed by atoms with Crippen LogP contribution in [0.25, 0.3) is 0 Å². The minimum atomic E-state index is -1.62. The molecule has 0 saturated carbocycles. The van der Waals surface area contributed by atoms with Crippen LogP contribution in [0, 0.1) is 0 Å². The van der Waals surface area contributed by atoms with Crippen LogP contribution >= 0.6 is 0 Å². The average molecular weight is 1060 g/mol. The highest BCUT2D eigenvalue weighted by Crippen LogP contribution is 2.26. The summed E-state index contributed by atoms with van der Waals surface area (Å²) in [6.45, 7) is 5.72. The normalized spacial score (nSPS) is 19.6. The molecule has 11 heteroatoms. The third-order valence-electron chi connectivity index (χ3n) is 14.4. The van der Waals surface area contributed by atoms with Crippen molar-refractivity contribution < 1.29 is 49.3 Å². The SMILES string of the molecule is CCCCC/C=C\C/C=C\CCCCCCCCCCCCC(O)C(=O)NC(COC1OC(CO)C(O)C(O)C1OC(=O)CCCCCCCC/C=C/C=C/CCCCC)C(O)/C=C/CCCCCCCCCCC. The van der Waals surface area contributed by atoms with Crippen molar-refractivity contribution in [3.8, 4) is 0 Å². The smallest absolute Gasteiger partial charge is 0.306 e. The molecule has 1 fully saturated rings. The average Bonchev–Trinajstić information content (AvgIpc) is 3.41. The second kappa shape index (κ2) is 52.1. The first-order valence-corrected chi connectivity index (χ1v) is 31.1. The Morgan fingerprint density at radius 2 is 0.960 bits per heavy atom. The van der Waals surface area contributed by atoms with E-state index in [0.717, 1.165) is 96.3 Å². The number of carbonyl (C=O) groups is 2. The van der Waals surface area contributed by atoms with Gasteiger partial charge in [-0.2, -0.15) is 0 Å². The molecular formula is C64H115NO10. The van der Waals surface area contributed by atoms with E-state index < -0.39 is 67.4 Å². The number of aliphatic hydroxyl groups is 5. The molecule has 436 valence electrons. The summed E-state index contributed by atoms with van der Waals surface area (Å²) in [6.07, 6.45) is 54.0. The van der Waals surface area contributed by atoms with Crippen LogP contribution < -0.4 is 5.32 Å². The first-order chi connectivity index (χ1) is 36.7. The molecular weight excluding hydrogens is 943 g/mol. The number of aliphatic hydroxyl groups excluding tert-OH is 5. The molecule has 8 atom stereocenters. The van der Waals surface area contributed by atoms with Crippen molar-refractivity contribution in [2.45, 2.75) is 320 Å². The molecule has 0 aliphatic carbocycles. The Bertz CT molecular complexity index is 1450. The molecule has 11 nitrogen and oxygen atoms in total. The summed E-state index contributed by atoms with van der Waals surface area (Å²) in [4.78, 5) is 26.5. The molecule has 0 bridgehead atoms. The van der Waals surface area contributed by atoms with E-state index in [1.807, 2.05) is 6.08 Å². The number of hydrogen-bond donors (Lipinski definition) is 6. The van der Waals surface area contributed by atoms with Crippen molar-refractivity contribution in [2.75, 3.05) is 13.2 Å². The van der Waals surface area contributed by atoms with Gasteiger partial charge in [-0.25, -0.2) is 0 Å². The highest BCUT2D eigenvalue weighted by atomic mass is 16.7. The Kier molecular flexibility index (Phi) is 48.9. The van der Waals surface area contributed by atoms with Crippen LogP contribution in [0.1, 0.15) is 271 Å². The monoisotopic (exact) mass is 1060 g/mol. The van der Waals surface area contributed by atoms with Crippen LogP contribution in [0.2, 0.25) is 0 Å². The largest absolute Gasteiger partial charge is 0.454 e. The van der Waals surface area contributed by atoms with Crippen LogP contribution in [0.15, 0.2) is 60.8 Å². The minimum Gasteiger partial charge on any atom is -0.454 e. The van der Waals surface area contributed by atoms with Crippen LogP contribution in [0.4, 0.5) is 0 Å². The van der Waals surface area contributed by atoms with E-state index in [1.54, 1.807) is 6.08 Å². The second-order valence-electron chi connectivity index (χ2n) is 21.5. The van der Waals surface area contributed by atoms with Gasteiger partial charge >= 0.3 is 5.97 Å². The standard InChI is InChI=1S/C64H115NO10/c1-4-7-10-13-16-19-22-24-26-27-28-29-30-32-33-36-39-42-45-48-51-57(68)63(72)65-55(56(67)50-47-44-41-38-35-21-18-15-12-9-6-3)54-73-64-62(61(71)60(70)58(53-66)74-64)75-59(69)52-49-46-43-40-37-34-31-25-23-20-17-14-11-8-5-2/h16-17,19-20,23-26,47,50,55-58,60-62,64,66-68,70-71H,4-15,18,21-22,27-46,48-49,51-54H2,1-3H3,(H,65,72)/b19-16-,20-17+,25-23+,26-24-,50-47+.